The van der Waals surface area contributed by atoms with Crippen molar-refractivity contribution in [2.24, 2.45) is 0 Å². The van der Waals surface area contributed by atoms with Crippen molar-refractivity contribution in [2.45, 2.75) is 10.6 Å². The molecule has 0 aliphatic carbocycles. The van der Waals surface area contributed by atoms with Crippen LogP contribution >= 0.6 is 0 Å². The summed E-state index contributed by atoms with van der Waals surface area (Å²) in [5.41, 5.74) is -1.18. The summed E-state index contributed by atoms with van der Waals surface area (Å²) in [7, 11) is -2.88. The number of benzene rings is 2. The summed E-state index contributed by atoms with van der Waals surface area (Å²) in [5.74, 6) is -3.78. The number of halogens is 3. The molecule has 0 aliphatic rings. The number of hydrogen-bond acceptors (Lipinski definition) is 6. The number of fused-ring (bicyclic) bond motifs is 1. The van der Waals surface area contributed by atoms with Crippen molar-refractivity contribution in [3.8, 4) is 28.5 Å². The number of rotatable bonds is 6. The van der Waals surface area contributed by atoms with Crippen molar-refractivity contribution >= 4 is 20.7 Å². The molecule has 2 N–H and O–H groups in total. The number of nitrogens with one attached hydrogen (secondary N) is 2. The molecule has 0 bridgehead atoms. The van der Waals surface area contributed by atoms with Crippen LogP contribution in [0.25, 0.3) is 33.5 Å². The van der Waals surface area contributed by atoms with E-state index in [1.54, 1.807) is 6.20 Å². The van der Waals surface area contributed by atoms with E-state index in [4.69, 9.17) is 4.74 Å². The van der Waals surface area contributed by atoms with Crippen molar-refractivity contribution in [3.05, 3.63) is 78.0 Å². The van der Waals surface area contributed by atoms with E-state index in [1.807, 2.05) is 0 Å². The number of ether oxygens (including phenoxy) is 1. The molecule has 2 aromatic carbocycles. The Kier molecular flexibility index (Phi) is 5.52. The van der Waals surface area contributed by atoms with Crippen LogP contribution in [-0.2, 0) is 15.6 Å². The number of aromatic amines is 2. The molecule has 35 heavy (non-hydrogen) atoms. The maximum absolute atomic E-state index is 15.5. The normalized spacial score (nSPS) is 11.8. The zero-order valence-electron chi connectivity index (χ0n) is 18.0. The van der Waals surface area contributed by atoms with Crippen LogP contribution in [0.4, 0.5) is 13.2 Å². The molecule has 0 saturated heterocycles. The molecule has 0 spiro atoms. The molecule has 0 aliphatic heterocycles. The van der Waals surface area contributed by atoms with Gasteiger partial charge in [-0.05, 0) is 24.3 Å². The van der Waals surface area contributed by atoms with Gasteiger partial charge in [-0.1, -0.05) is 12.1 Å². The van der Waals surface area contributed by atoms with E-state index in [1.165, 1.54) is 43.8 Å². The van der Waals surface area contributed by atoms with Crippen LogP contribution in [-0.4, -0.2) is 40.7 Å². The van der Waals surface area contributed by atoms with Gasteiger partial charge in [-0.25, -0.2) is 31.6 Å². The van der Waals surface area contributed by atoms with E-state index < -0.39 is 44.2 Å². The summed E-state index contributed by atoms with van der Waals surface area (Å²) in [6, 6.07) is 7.24. The zero-order chi connectivity index (χ0) is 24.7. The Balaban J connectivity index is 1.60. The van der Waals surface area contributed by atoms with Crippen LogP contribution < -0.4 is 4.74 Å². The van der Waals surface area contributed by atoms with Crippen molar-refractivity contribution < 1.29 is 26.3 Å². The summed E-state index contributed by atoms with van der Waals surface area (Å²) < 4.78 is 76.6. The Hall–Kier alpha value is -4.19. The Bertz CT molecular complexity index is 1670. The molecular formula is C23H16F3N5O3S. The molecule has 3 heterocycles. The Morgan fingerprint density at radius 3 is 2.57 bits per heavy atom. The van der Waals surface area contributed by atoms with Gasteiger partial charge in [-0.15, -0.1) is 0 Å². The molecule has 8 nitrogen and oxygen atoms in total. The highest BCUT2D eigenvalue weighted by molar-refractivity contribution is 7.90. The van der Waals surface area contributed by atoms with Gasteiger partial charge < -0.3 is 9.72 Å². The maximum atomic E-state index is 15.5. The van der Waals surface area contributed by atoms with Crippen molar-refractivity contribution in [2.75, 3.05) is 7.11 Å². The second-order valence-corrected chi connectivity index (χ2v) is 9.48. The van der Waals surface area contributed by atoms with E-state index in [0.717, 1.165) is 12.1 Å². The quantitative estimate of drug-likeness (QED) is 0.358. The van der Waals surface area contributed by atoms with Crippen LogP contribution in [0.3, 0.4) is 0 Å². The lowest BCUT2D eigenvalue weighted by molar-refractivity contribution is 0.385. The predicted molar refractivity (Wildman–Crippen MR) is 121 cm³/mol. The summed E-state index contributed by atoms with van der Waals surface area (Å²) in [4.78, 5) is 10.6. The molecule has 0 atom stereocenters. The minimum atomic E-state index is -4.13. The smallest absolute Gasteiger partial charge is 0.232 e. The molecule has 178 valence electrons. The highest BCUT2D eigenvalue weighted by Gasteiger charge is 2.27. The van der Waals surface area contributed by atoms with Crippen LogP contribution in [0.2, 0.25) is 0 Å². The average Bonchev–Trinajstić information content (AvgIpc) is 3.52. The first-order chi connectivity index (χ1) is 16.8. The molecule has 0 radical (unpaired) electrons. The van der Waals surface area contributed by atoms with E-state index in [-0.39, 0.29) is 21.9 Å². The third-order valence-electron chi connectivity index (χ3n) is 5.45. The third kappa shape index (κ3) is 3.81. The number of sulfone groups is 1. The third-order valence-corrected chi connectivity index (χ3v) is 7.12. The number of imidazole rings is 1. The monoisotopic (exact) mass is 499 g/mol. The first-order valence-electron chi connectivity index (χ1n) is 10.2. The van der Waals surface area contributed by atoms with Gasteiger partial charge >= 0.3 is 0 Å². The average molecular weight is 499 g/mol. The van der Waals surface area contributed by atoms with E-state index in [0.29, 0.717) is 16.9 Å². The number of pyridine rings is 1. The number of methoxy groups -OCH3 is 1. The van der Waals surface area contributed by atoms with Crippen LogP contribution in [0.5, 0.6) is 5.88 Å². The molecule has 0 saturated carbocycles. The highest BCUT2D eigenvalue weighted by Crippen LogP contribution is 2.36. The topological polar surface area (TPSA) is 114 Å². The van der Waals surface area contributed by atoms with E-state index >= 15 is 8.78 Å². The Labute approximate surface area is 196 Å². The fraction of sp³-hybridized carbons (Fsp3) is 0.0870. The lowest BCUT2D eigenvalue weighted by Gasteiger charge is -2.12. The zero-order valence-corrected chi connectivity index (χ0v) is 18.8. The van der Waals surface area contributed by atoms with Crippen LogP contribution in [0.1, 0.15) is 5.56 Å². The van der Waals surface area contributed by atoms with Gasteiger partial charge in [0, 0.05) is 35.1 Å². The molecule has 3 aromatic heterocycles. The van der Waals surface area contributed by atoms with Gasteiger partial charge in [-0.2, -0.15) is 5.10 Å². The van der Waals surface area contributed by atoms with Gasteiger partial charge in [0.1, 0.15) is 27.7 Å². The Morgan fingerprint density at radius 2 is 1.83 bits per heavy atom. The van der Waals surface area contributed by atoms with Crippen molar-refractivity contribution in [1.82, 2.24) is 25.1 Å². The van der Waals surface area contributed by atoms with E-state index in [9.17, 15) is 12.8 Å². The largest absolute Gasteiger partial charge is 0.480 e. The van der Waals surface area contributed by atoms with E-state index in [2.05, 4.69) is 25.1 Å². The number of hydrogen-bond donors (Lipinski definition) is 2. The van der Waals surface area contributed by atoms with Crippen LogP contribution in [0.15, 0.2) is 59.9 Å². The summed E-state index contributed by atoms with van der Waals surface area (Å²) in [5, 5.41) is 6.96. The predicted octanol–water partition coefficient (Wildman–Crippen LogP) is 4.41. The molecule has 0 unspecified atom stereocenters. The van der Waals surface area contributed by atoms with Gasteiger partial charge in [0.05, 0.1) is 18.4 Å². The van der Waals surface area contributed by atoms with Gasteiger partial charge in [0.2, 0.25) is 5.88 Å². The molecule has 12 heteroatoms. The fourth-order valence-electron chi connectivity index (χ4n) is 3.83. The number of nitrogens with zero attached hydrogens (tertiary/aromatic N) is 3. The summed E-state index contributed by atoms with van der Waals surface area (Å²) in [6.45, 7) is 0. The molecule has 0 fully saturated rings. The first-order valence-corrected chi connectivity index (χ1v) is 11.8. The Morgan fingerprint density at radius 1 is 1.00 bits per heavy atom. The lowest BCUT2D eigenvalue weighted by Crippen LogP contribution is -2.10. The standard InChI is InChI=1S/C23H16F3N5O3S/c1-34-23-16(3-2-8-29-23)35(32,33)11-12-4-7-15(24)17(18(12)25)13-5-6-14-20(19(13)26)30-31-21(14)22-27-9-10-28-22/h2-10H,11H2,1H3,(H,27,28)(H,30,31). The van der Waals surface area contributed by atoms with Gasteiger partial charge in [0.15, 0.2) is 21.5 Å². The molecule has 5 rings (SSSR count). The summed E-state index contributed by atoms with van der Waals surface area (Å²) in [6.07, 6.45) is 4.44. The second kappa shape index (κ2) is 8.55. The number of aromatic nitrogens is 5. The SMILES string of the molecule is COc1ncccc1S(=O)(=O)Cc1ccc(F)c(-c2ccc3c(-c4ncc[nH]4)[nH]nc3c2F)c1F. The molecule has 0 amide bonds. The van der Waals surface area contributed by atoms with Gasteiger partial charge in [-0.3, -0.25) is 5.10 Å². The first kappa shape index (κ1) is 22.6. The van der Waals surface area contributed by atoms with Crippen molar-refractivity contribution in [3.63, 3.8) is 0 Å². The summed E-state index contributed by atoms with van der Waals surface area (Å²) >= 11 is 0. The second-order valence-electron chi connectivity index (χ2n) is 7.53. The minimum absolute atomic E-state index is 0.147. The lowest BCUT2D eigenvalue weighted by atomic mass is 9.99. The number of H-pyrrole nitrogens is 2. The molecule has 5 aromatic rings. The van der Waals surface area contributed by atoms with Crippen molar-refractivity contribution in [1.29, 1.82) is 0 Å². The van der Waals surface area contributed by atoms with Crippen LogP contribution in [0, 0.1) is 17.5 Å². The highest BCUT2D eigenvalue weighted by atomic mass is 32.2. The van der Waals surface area contributed by atoms with Gasteiger partial charge in [0.25, 0.3) is 0 Å². The fourth-order valence-corrected chi connectivity index (χ4v) is 5.30. The maximum Gasteiger partial charge on any atom is 0.232 e. The molecular weight excluding hydrogens is 483 g/mol. The minimum Gasteiger partial charge on any atom is -0.480 e.